The predicted molar refractivity (Wildman–Crippen MR) is 79.8 cm³/mol. The Morgan fingerprint density at radius 2 is 1.90 bits per heavy atom. The van der Waals surface area contributed by atoms with Gasteiger partial charge in [0.2, 0.25) is 0 Å². The summed E-state index contributed by atoms with van der Waals surface area (Å²) in [6.07, 6.45) is 4.90. The fourth-order valence-electron chi connectivity index (χ4n) is 2.41. The molecular weight excluding hydrogens is 298 g/mol. The van der Waals surface area contributed by atoms with Gasteiger partial charge in [-0.05, 0) is 32.9 Å². The average Bonchev–Trinajstić information content (AvgIpc) is 2.60. The highest BCUT2D eigenvalue weighted by Crippen LogP contribution is 2.15. The summed E-state index contributed by atoms with van der Waals surface area (Å²) in [7, 11) is -3.57. The fourth-order valence-corrected chi connectivity index (χ4v) is 4.77. The lowest BCUT2D eigenvalue weighted by molar-refractivity contribution is 0.290. The van der Waals surface area contributed by atoms with Crippen LogP contribution in [0.5, 0.6) is 0 Å². The lowest BCUT2D eigenvalue weighted by Crippen LogP contribution is -2.35. The minimum atomic E-state index is -3.57. The van der Waals surface area contributed by atoms with Gasteiger partial charge >= 0.3 is 4.87 Å². The van der Waals surface area contributed by atoms with E-state index >= 15 is 0 Å². The van der Waals surface area contributed by atoms with Crippen LogP contribution in [0.1, 0.15) is 31.4 Å². The Balaban J connectivity index is 1.89. The van der Waals surface area contributed by atoms with Crippen LogP contribution in [0.25, 0.3) is 0 Å². The number of H-pyrrole nitrogens is 1. The van der Waals surface area contributed by atoms with E-state index < -0.39 is 10.0 Å². The van der Waals surface area contributed by atoms with E-state index in [0.29, 0.717) is 12.2 Å². The third kappa shape index (κ3) is 4.15. The van der Waals surface area contributed by atoms with Crippen molar-refractivity contribution in [3.8, 4) is 0 Å². The number of nitrogens with one attached hydrogen (secondary N) is 2. The zero-order chi connectivity index (χ0) is 14.6. The molecule has 0 bridgehead atoms. The van der Waals surface area contributed by atoms with Crippen LogP contribution < -0.4 is 9.60 Å². The van der Waals surface area contributed by atoms with Gasteiger partial charge in [0.05, 0.1) is 0 Å². The Labute approximate surface area is 123 Å². The Morgan fingerprint density at radius 3 is 2.45 bits per heavy atom. The first-order chi connectivity index (χ1) is 9.49. The third-order valence-corrected chi connectivity index (χ3v) is 6.51. The Kier molecular flexibility index (Phi) is 5.36. The molecule has 0 aromatic carbocycles. The van der Waals surface area contributed by atoms with Gasteiger partial charge in [0, 0.05) is 18.8 Å². The molecule has 1 aliphatic heterocycles. The van der Waals surface area contributed by atoms with Crippen LogP contribution >= 0.6 is 11.3 Å². The van der Waals surface area contributed by atoms with E-state index in [1.54, 1.807) is 6.92 Å². The number of aromatic nitrogens is 1. The van der Waals surface area contributed by atoms with Crippen molar-refractivity contribution in [2.75, 3.05) is 26.2 Å². The monoisotopic (exact) mass is 319 g/mol. The van der Waals surface area contributed by atoms with Crippen molar-refractivity contribution < 1.29 is 8.42 Å². The van der Waals surface area contributed by atoms with Gasteiger partial charge in [-0.3, -0.25) is 4.79 Å². The van der Waals surface area contributed by atoms with Crippen molar-refractivity contribution in [3.63, 3.8) is 0 Å². The molecule has 0 aliphatic carbocycles. The number of nitrogens with zero attached hydrogens (tertiary/aromatic N) is 1. The van der Waals surface area contributed by atoms with Gasteiger partial charge in [-0.1, -0.05) is 24.2 Å². The molecule has 2 heterocycles. The topological polar surface area (TPSA) is 82.3 Å². The summed E-state index contributed by atoms with van der Waals surface area (Å²) in [5.74, 6) is 0. The molecule has 1 saturated heterocycles. The second-order valence-electron chi connectivity index (χ2n) is 5.08. The number of likely N-dealkylation sites (tertiary alicyclic amines) is 1. The highest BCUT2D eigenvalue weighted by atomic mass is 32.2. The van der Waals surface area contributed by atoms with Gasteiger partial charge in [-0.25, -0.2) is 13.1 Å². The van der Waals surface area contributed by atoms with Crippen LogP contribution in [0, 0.1) is 6.92 Å². The number of sulfonamides is 1. The molecule has 0 spiro atoms. The van der Waals surface area contributed by atoms with Crippen molar-refractivity contribution in [1.29, 1.82) is 0 Å². The highest BCUT2D eigenvalue weighted by molar-refractivity contribution is 7.91. The standard InChI is InChI=1S/C12H21N3O3S2/c1-10-11(19-12(16)14-10)20(17,18)13-6-9-15-7-4-2-3-5-8-15/h13H,2-9H2,1H3,(H,14,16). The van der Waals surface area contributed by atoms with Gasteiger partial charge in [-0.2, -0.15) is 0 Å². The highest BCUT2D eigenvalue weighted by Gasteiger charge is 2.20. The van der Waals surface area contributed by atoms with Crippen LogP contribution in [-0.4, -0.2) is 44.5 Å². The zero-order valence-electron chi connectivity index (χ0n) is 11.6. The second kappa shape index (κ2) is 6.84. The minimum Gasteiger partial charge on any atom is -0.315 e. The number of aromatic amines is 1. The molecule has 0 saturated carbocycles. The van der Waals surface area contributed by atoms with Crippen molar-refractivity contribution >= 4 is 21.4 Å². The number of hydrogen-bond donors (Lipinski definition) is 2. The lowest BCUT2D eigenvalue weighted by atomic mass is 10.2. The lowest BCUT2D eigenvalue weighted by Gasteiger charge is -2.19. The summed E-state index contributed by atoms with van der Waals surface area (Å²) >= 11 is 0.735. The zero-order valence-corrected chi connectivity index (χ0v) is 13.3. The fraction of sp³-hybridized carbons (Fsp3) is 0.750. The summed E-state index contributed by atoms with van der Waals surface area (Å²) in [5, 5.41) is 0. The van der Waals surface area contributed by atoms with Gasteiger partial charge < -0.3 is 9.88 Å². The van der Waals surface area contributed by atoms with Crippen molar-refractivity contribution in [1.82, 2.24) is 14.6 Å². The maximum Gasteiger partial charge on any atom is 0.305 e. The smallest absolute Gasteiger partial charge is 0.305 e. The van der Waals surface area contributed by atoms with E-state index in [2.05, 4.69) is 14.6 Å². The molecule has 20 heavy (non-hydrogen) atoms. The molecule has 6 nitrogen and oxygen atoms in total. The summed E-state index contributed by atoms with van der Waals surface area (Å²) in [4.78, 5) is 15.6. The summed E-state index contributed by atoms with van der Waals surface area (Å²) in [6.45, 7) is 4.78. The first-order valence-corrected chi connectivity index (χ1v) is 9.21. The van der Waals surface area contributed by atoms with Crippen LogP contribution in [0.4, 0.5) is 0 Å². The van der Waals surface area contributed by atoms with Gasteiger partial charge in [0.25, 0.3) is 10.0 Å². The number of thiazole rings is 1. The molecule has 1 aliphatic rings. The molecule has 114 valence electrons. The number of hydrogen-bond acceptors (Lipinski definition) is 5. The molecule has 0 amide bonds. The third-order valence-electron chi connectivity index (χ3n) is 3.44. The molecule has 0 radical (unpaired) electrons. The molecule has 2 rings (SSSR count). The Bertz CT molecular complexity index is 583. The first-order valence-electron chi connectivity index (χ1n) is 6.91. The second-order valence-corrected chi connectivity index (χ2v) is 8.03. The minimum absolute atomic E-state index is 0.0957. The van der Waals surface area contributed by atoms with Crippen LogP contribution in [0.2, 0.25) is 0 Å². The van der Waals surface area contributed by atoms with Crippen molar-refractivity contribution in [3.05, 3.63) is 15.4 Å². The Morgan fingerprint density at radius 1 is 1.25 bits per heavy atom. The first kappa shape index (κ1) is 15.7. The summed E-state index contributed by atoms with van der Waals surface area (Å²) in [6, 6.07) is 0. The van der Waals surface area contributed by atoms with Crippen molar-refractivity contribution in [2.45, 2.75) is 36.8 Å². The molecule has 2 N–H and O–H groups in total. The number of rotatable bonds is 5. The summed E-state index contributed by atoms with van der Waals surface area (Å²) in [5.41, 5.74) is 0.405. The number of aryl methyl sites for hydroxylation is 1. The van der Waals surface area contributed by atoms with E-state index in [1.807, 2.05) is 0 Å². The summed E-state index contributed by atoms with van der Waals surface area (Å²) < 4.78 is 26.9. The van der Waals surface area contributed by atoms with E-state index in [-0.39, 0.29) is 9.08 Å². The van der Waals surface area contributed by atoms with Gasteiger partial charge in [0.1, 0.15) is 0 Å². The molecule has 1 aromatic rings. The average molecular weight is 319 g/mol. The molecule has 0 unspecified atom stereocenters. The normalized spacial score (nSPS) is 18.1. The quantitative estimate of drug-likeness (QED) is 0.845. The maximum atomic E-state index is 12.1. The van der Waals surface area contributed by atoms with Gasteiger partial charge in [-0.15, -0.1) is 0 Å². The SMILES string of the molecule is Cc1[nH]c(=O)sc1S(=O)(=O)NCCN1CCCCCC1. The van der Waals surface area contributed by atoms with Crippen LogP contribution in [0.3, 0.4) is 0 Å². The van der Waals surface area contributed by atoms with E-state index in [9.17, 15) is 13.2 Å². The van der Waals surface area contributed by atoms with Gasteiger partial charge in [0.15, 0.2) is 4.21 Å². The largest absolute Gasteiger partial charge is 0.315 e. The van der Waals surface area contributed by atoms with Crippen LogP contribution in [-0.2, 0) is 10.0 Å². The molecule has 8 heteroatoms. The molecule has 0 atom stereocenters. The maximum absolute atomic E-state index is 12.1. The molecule has 1 fully saturated rings. The molecule has 1 aromatic heterocycles. The van der Waals surface area contributed by atoms with E-state index in [1.165, 1.54) is 25.7 Å². The van der Waals surface area contributed by atoms with Crippen LogP contribution in [0.15, 0.2) is 9.00 Å². The van der Waals surface area contributed by atoms with E-state index in [0.717, 1.165) is 31.0 Å². The Hall–Kier alpha value is -0.700. The molecular formula is C12H21N3O3S2. The van der Waals surface area contributed by atoms with E-state index in [4.69, 9.17) is 0 Å². The van der Waals surface area contributed by atoms with Crippen molar-refractivity contribution in [2.24, 2.45) is 0 Å². The predicted octanol–water partition coefficient (Wildman–Crippen LogP) is 0.899.